The first kappa shape index (κ1) is 15.3. The Morgan fingerprint density at radius 3 is 2.70 bits per heavy atom. The fraction of sp³-hybridized carbons (Fsp3) is 0.579. The molecule has 1 aliphatic rings. The van der Waals surface area contributed by atoms with Crippen LogP contribution >= 0.6 is 0 Å². The summed E-state index contributed by atoms with van der Waals surface area (Å²) in [4.78, 5) is 0. The van der Waals surface area contributed by atoms with Gasteiger partial charge in [-0.05, 0) is 57.2 Å². The average Bonchev–Trinajstić information content (AvgIpc) is 2.40. The minimum Gasteiger partial charge on any atom is -0.307 e. The van der Waals surface area contributed by atoms with Crippen LogP contribution in [0.1, 0.15) is 68.2 Å². The Bertz CT molecular complexity index is 459. The minimum atomic E-state index is 0.415. The van der Waals surface area contributed by atoms with Gasteiger partial charge in [0.15, 0.2) is 0 Å². The van der Waals surface area contributed by atoms with Crippen molar-refractivity contribution in [1.82, 2.24) is 5.32 Å². The molecule has 0 radical (unpaired) electrons. The summed E-state index contributed by atoms with van der Waals surface area (Å²) in [5.41, 5.74) is 5.85. The summed E-state index contributed by atoms with van der Waals surface area (Å²) in [5.74, 6) is 0. The van der Waals surface area contributed by atoms with E-state index in [-0.39, 0.29) is 0 Å². The molecule has 20 heavy (non-hydrogen) atoms. The Kier molecular flexibility index (Phi) is 5.85. The second-order valence-electron chi connectivity index (χ2n) is 6.08. The van der Waals surface area contributed by atoms with Crippen molar-refractivity contribution in [3.05, 3.63) is 46.5 Å². The molecule has 1 heteroatoms. The summed E-state index contributed by atoms with van der Waals surface area (Å²) in [6.45, 7) is 7.66. The van der Waals surface area contributed by atoms with Crippen LogP contribution < -0.4 is 5.32 Å². The maximum atomic E-state index is 3.72. The van der Waals surface area contributed by atoms with Gasteiger partial charge in [0, 0.05) is 0 Å². The predicted octanol–water partition coefficient (Wildman–Crippen LogP) is 5.23. The van der Waals surface area contributed by atoms with E-state index in [9.17, 15) is 0 Å². The van der Waals surface area contributed by atoms with Gasteiger partial charge in [-0.2, -0.15) is 0 Å². The quantitative estimate of drug-likeness (QED) is 0.739. The monoisotopic (exact) mass is 271 g/mol. The lowest BCUT2D eigenvalue weighted by atomic mass is 9.88. The highest BCUT2D eigenvalue weighted by Crippen LogP contribution is 2.31. The second kappa shape index (κ2) is 7.64. The van der Waals surface area contributed by atoms with Crippen LogP contribution in [0.25, 0.3) is 0 Å². The number of hydrogen-bond donors (Lipinski definition) is 1. The van der Waals surface area contributed by atoms with Gasteiger partial charge < -0.3 is 5.32 Å². The highest BCUT2D eigenvalue weighted by atomic mass is 14.9. The number of aryl methyl sites for hydroxylation is 2. The van der Waals surface area contributed by atoms with Gasteiger partial charge in [0.1, 0.15) is 0 Å². The molecular weight excluding hydrogens is 242 g/mol. The number of nitrogens with one attached hydrogen (secondary N) is 1. The molecular formula is C19H29N. The standard InChI is InChI=1S/C19H29N/c1-4-20-19(17-10-8-6-5-7-9-11-17)18-14-15(2)12-13-16(18)3/h10,12-14,19-20H,4-9,11H2,1-3H3/b17-10+. The smallest absolute Gasteiger partial charge is 0.0538 e. The van der Waals surface area contributed by atoms with Crippen LogP contribution in [0.2, 0.25) is 0 Å². The van der Waals surface area contributed by atoms with Crippen molar-refractivity contribution >= 4 is 0 Å². The Morgan fingerprint density at radius 1 is 1.10 bits per heavy atom. The Hall–Kier alpha value is -1.08. The van der Waals surface area contributed by atoms with E-state index in [0.717, 1.165) is 6.54 Å². The second-order valence-corrected chi connectivity index (χ2v) is 6.08. The zero-order chi connectivity index (χ0) is 14.4. The minimum absolute atomic E-state index is 0.415. The predicted molar refractivity (Wildman–Crippen MR) is 88.1 cm³/mol. The summed E-state index contributed by atoms with van der Waals surface area (Å²) in [5, 5.41) is 3.72. The molecule has 1 aromatic rings. The third-order valence-corrected chi connectivity index (χ3v) is 4.35. The fourth-order valence-corrected chi connectivity index (χ4v) is 3.19. The van der Waals surface area contributed by atoms with Crippen LogP contribution in [0.15, 0.2) is 29.8 Å². The normalized spacial score (nSPS) is 20.6. The summed E-state index contributed by atoms with van der Waals surface area (Å²) in [6, 6.07) is 7.26. The highest BCUT2D eigenvalue weighted by molar-refractivity contribution is 5.37. The Labute approximate surface area is 124 Å². The van der Waals surface area contributed by atoms with E-state index in [1.165, 1.54) is 55.2 Å². The zero-order valence-electron chi connectivity index (χ0n) is 13.3. The van der Waals surface area contributed by atoms with E-state index in [2.05, 4.69) is 50.4 Å². The highest BCUT2D eigenvalue weighted by Gasteiger charge is 2.18. The first-order chi connectivity index (χ1) is 9.72. The molecule has 0 saturated heterocycles. The molecule has 0 amide bonds. The third-order valence-electron chi connectivity index (χ3n) is 4.35. The molecule has 0 aromatic heterocycles. The molecule has 1 atom stereocenters. The Morgan fingerprint density at radius 2 is 1.90 bits per heavy atom. The lowest BCUT2D eigenvalue weighted by molar-refractivity contribution is 0.552. The van der Waals surface area contributed by atoms with Crippen LogP contribution in [0.5, 0.6) is 0 Å². The van der Waals surface area contributed by atoms with Gasteiger partial charge in [-0.3, -0.25) is 0 Å². The average molecular weight is 271 g/mol. The van der Waals surface area contributed by atoms with Crippen molar-refractivity contribution < 1.29 is 0 Å². The van der Waals surface area contributed by atoms with Crippen LogP contribution in [0, 0.1) is 13.8 Å². The number of rotatable bonds is 4. The molecule has 1 N–H and O–H groups in total. The van der Waals surface area contributed by atoms with Gasteiger partial charge in [-0.25, -0.2) is 0 Å². The largest absolute Gasteiger partial charge is 0.307 e. The van der Waals surface area contributed by atoms with Gasteiger partial charge in [0.2, 0.25) is 0 Å². The SMILES string of the molecule is CCNC(/C1=C/CCCCCC1)c1cc(C)ccc1C. The maximum absolute atomic E-state index is 3.72. The van der Waals surface area contributed by atoms with Crippen LogP contribution in [0.4, 0.5) is 0 Å². The molecule has 110 valence electrons. The van der Waals surface area contributed by atoms with Gasteiger partial charge in [0.25, 0.3) is 0 Å². The summed E-state index contributed by atoms with van der Waals surface area (Å²) in [6.07, 6.45) is 10.5. The lowest BCUT2D eigenvalue weighted by Gasteiger charge is -2.25. The molecule has 1 unspecified atom stereocenters. The number of benzene rings is 1. The number of allylic oxidation sites excluding steroid dienone is 1. The van der Waals surface area contributed by atoms with Crippen molar-refractivity contribution in [3.8, 4) is 0 Å². The van der Waals surface area contributed by atoms with Crippen LogP contribution in [0.3, 0.4) is 0 Å². The summed E-state index contributed by atoms with van der Waals surface area (Å²) in [7, 11) is 0. The Balaban J connectivity index is 2.31. The van der Waals surface area contributed by atoms with Crippen molar-refractivity contribution in [3.63, 3.8) is 0 Å². The summed E-state index contributed by atoms with van der Waals surface area (Å²) < 4.78 is 0. The van der Waals surface area contributed by atoms with Crippen molar-refractivity contribution in [2.24, 2.45) is 0 Å². The topological polar surface area (TPSA) is 12.0 Å². The van der Waals surface area contributed by atoms with Gasteiger partial charge >= 0.3 is 0 Å². The first-order valence-electron chi connectivity index (χ1n) is 8.22. The van der Waals surface area contributed by atoms with Crippen molar-refractivity contribution in [2.75, 3.05) is 6.54 Å². The van der Waals surface area contributed by atoms with Gasteiger partial charge in [-0.15, -0.1) is 0 Å². The van der Waals surface area contributed by atoms with E-state index in [0.29, 0.717) is 6.04 Å². The van der Waals surface area contributed by atoms with E-state index in [1.807, 2.05) is 0 Å². The molecule has 0 fully saturated rings. The summed E-state index contributed by atoms with van der Waals surface area (Å²) >= 11 is 0. The van der Waals surface area contributed by atoms with Gasteiger partial charge in [-0.1, -0.05) is 55.2 Å². The zero-order valence-corrected chi connectivity index (χ0v) is 13.3. The first-order valence-corrected chi connectivity index (χ1v) is 8.22. The van der Waals surface area contributed by atoms with Gasteiger partial charge in [0.05, 0.1) is 6.04 Å². The molecule has 0 aliphatic heterocycles. The van der Waals surface area contributed by atoms with Crippen LogP contribution in [-0.2, 0) is 0 Å². The van der Waals surface area contributed by atoms with E-state index >= 15 is 0 Å². The molecule has 0 heterocycles. The maximum Gasteiger partial charge on any atom is 0.0538 e. The molecule has 1 aliphatic carbocycles. The number of hydrogen-bond acceptors (Lipinski definition) is 1. The molecule has 2 rings (SSSR count). The van der Waals surface area contributed by atoms with Crippen LogP contribution in [-0.4, -0.2) is 6.54 Å². The van der Waals surface area contributed by atoms with E-state index in [1.54, 1.807) is 5.57 Å². The molecule has 1 aromatic carbocycles. The molecule has 1 nitrogen and oxygen atoms in total. The van der Waals surface area contributed by atoms with E-state index in [4.69, 9.17) is 0 Å². The number of likely N-dealkylation sites (N-methyl/N-ethyl adjacent to an activating group) is 1. The molecule has 0 spiro atoms. The van der Waals surface area contributed by atoms with Crippen molar-refractivity contribution in [1.29, 1.82) is 0 Å². The van der Waals surface area contributed by atoms with Crippen molar-refractivity contribution in [2.45, 2.75) is 65.3 Å². The lowest BCUT2D eigenvalue weighted by Crippen LogP contribution is -2.24. The third kappa shape index (κ3) is 3.96. The molecule has 0 bridgehead atoms. The van der Waals surface area contributed by atoms with E-state index < -0.39 is 0 Å². The molecule has 0 saturated carbocycles. The fourth-order valence-electron chi connectivity index (χ4n) is 3.19.